The van der Waals surface area contributed by atoms with Gasteiger partial charge in [0, 0.05) is 0 Å². The second-order valence-electron chi connectivity index (χ2n) is 10.3. The van der Waals surface area contributed by atoms with Crippen LogP contribution in [0.5, 0.6) is 17.2 Å². The van der Waals surface area contributed by atoms with E-state index in [-0.39, 0.29) is 0 Å². The topological polar surface area (TPSA) is 47.9 Å². The molecule has 1 unspecified atom stereocenters. The molecule has 30 heavy (non-hydrogen) atoms. The van der Waals surface area contributed by atoms with E-state index >= 15 is 0 Å². The number of rotatable bonds is 10. The van der Waals surface area contributed by atoms with Gasteiger partial charge in [-0.1, -0.05) is 25.1 Å². The molecule has 0 radical (unpaired) electrons. The maximum atomic E-state index is 10.4. The molecule has 1 atom stereocenters. The Kier molecular flexibility index (Phi) is 8.15. The number of aromatic hydroxyl groups is 1. The van der Waals surface area contributed by atoms with Crippen molar-refractivity contribution < 1.29 is 18.1 Å². The average molecular weight is 463 g/mol. The fourth-order valence-corrected chi connectivity index (χ4v) is 16.9. The van der Waals surface area contributed by atoms with Crippen molar-refractivity contribution in [2.45, 2.75) is 65.2 Å². The lowest BCUT2D eigenvalue weighted by molar-refractivity contribution is 0.368. The van der Waals surface area contributed by atoms with Crippen molar-refractivity contribution in [1.29, 1.82) is 0 Å². The van der Waals surface area contributed by atoms with E-state index < -0.39 is 25.2 Å². The van der Waals surface area contributed by atoms with E-state index in [9.17, 15) is 5.11 Å². The summed E-state index contributed by atoms with van der Waals surface area (Å²) in [6.45, 7) is 17.8. The van der Waals surface area contributed by atoms with E-state index in [0.717, 1.165) is 29.5 Å². The minimum atomic E-state index is -2.32. The highest BCUT2D eigenvalue weighted by Crippen LogP contribution is 2.33. The highest BCUT2D eigenvalue weighted by atomic mass is 28.5. The van der Waals surface area contributed by atoms with Crippen LogP contribution in [-0.4, -0.2) is 30.3 Å². The molecule has 2 rings (SSSR count). The van der Waals surface area contributed by atoms with Crippen molar-refractivity contribution in [3.05, 3.63) is 54.1 Å². The van der Waals surface area contributed by atoms with E-state index in [1.54, 1.807) is 12.1 Å². The van der Waals surface area contributed by atoms with Crippen LogP contribution in [0.25, 0.3) is 0 Å². The highest BCUT2D eigenvalue weighted by Gasteiger charge is 2.41. The molecule has 0 spiro atoms. The highest BCUT2D eigenvalue weighted by molar-refractivity contribution is 6.87. The number of phenolic OH excluding ortho intramolecular Hbond substituents is 1. The van der Waals surface area contributed by atoms with E-state index in [0.29, 0.717) is 11.7 Å². The monoisotopic (exact) mass is 462 g/mol. The minimum Gasteiger partial charge on any atom is -0.508 e. The molecule has 0 heterocycles. The molecule has 0 saturated carbocycles. The lowest BCUT2D eigenvalue weighted by atomic mass is 10.0. The van der Waals surface area contributed by atoms with Crippen LogP contribution < -0.4 is 4.74 Å². The quantitative estimate of drug-likeness (QED) is 0.381. The van der Waals surface area contributed by atoms with E-state index in [2.05, 4.69) is 52.8 Å². The number of hydrogen-bond acceptors (Lipinski definition) is 4. The van der Waals surface area contributed by atoms with Gasteiger partial charge in [-0.3, -0.25) is 0 Å². The zero-order valence-electron chi connectivity index (χ0n) is 19.8. The second-order valence-corrected chi connectivity index (χ2v) is 23.0. The summed E-state index contributed by atoms with van der Waals surface area (Å²) >= 11 is 0. The molecule has 7 heteroatoms. The third-order valence-corrected chi connectivity index (χ3v) is 14.2. The first-order valence-corrected chi connectivity index (χ1v) is 20.0. The average Bonchev–Trinajstić information content (AvgIpc) is 2.54. The van der Waals surface area contributed by atoms with Crippen molar-refractivity contribution in [2.24, 2.45) is 5.92 Å². The minimum absolute atomic E-state index is 0.308. The van der Waals surface area contributed by atoms with Gasteiger partial charge < -0.3 is 18.1 Å². The van der Waals surface area contributed by atoms with Gasteiger partial charge in [-0.15, -0.1) is 0 Å². The largest absolute Gasteiger partial charge is 0.508 e. The number of phenols is 1. The Hall–Kier alpha value is -1.39. The number of hydrogen-bond donors (Lipinski definition) is 1. The van der Waals surface area contributed by atoms with Crippen molar-refractivity contribution in [3.63, 3.8) is 0 Å². The predicted octanol–water partition coefficient (Wildman–Crippen LogP) is 7.14. The Morgan fingerprint density at radius 3 is 1.90 bits per heavy atom. The number of ether oxygens (including phenoxy) is 1. The van der Waals surface area contributed by atoms with Crippen LogP contribution in [-0.2, 0) is 14.7 Å². The van der Waals surface area contributed by atoms with Crippen LogP contribution in [0, 0.1) is 5.92 Å². The van der Waals surface area contributed by atoms with Gasteiger partial charge in [-0.05, 0) is 100 Å². The molecule has 2 aromatic rings. The summed E-state index contributed by atoms with van der Waals surface area (Å²) in [6.07, 6.45) is 0.754. The van der Waals surface area contributed by atoms with Gasteiger partial charge in [-0.2, -0.15) is 0 Å². The summed E-state index contributed by atoms with van der Waals surface area (Å²) < 4.78 is 19.2. The lowest BCUT2D eigenvalue weighted by Gasteiger charge is -2.39. The van der Waals surface area contributed by atoms with Gasteiger partial charge in [0.15, 0.2) is 16.6 Å². The Morgan fingerprint density at radius 1 is 0.800 bits per heavy atom. The second kappa shape index (κ2) is 9.82. The summed E-state index contributed by atoms with van der Waals surface area (Å²) in [6, 6.07) is 16.1. The van der Waals surface area contributed by atoms with Gasteiger partial charge in [0.25, 0.3) is 0 Å². The first kappa shape index (κ1) is 24.9. The maximum Gasteiger partial charge on any atom is 0.314 e. The summed E-state index contributed by atoms with van der Waals surface area (Å²) in [5.41, 5.74) is 0.897. The molecular formula is C23H38O4Si3. The van der Waals surface area contributed by atoms with Crippen LogP contribution in [0.1, 0.15) is 12.5 Å². The number of benzene rings is 2. The predicted molar refractivity (Wildman–Crippen MR) is 133 cm³/mol. The number of para-hydroxylation sites is 1. The molecule has 0 aliphatic rings. The summed E-state index contributed by atoms with van der Waals surface area (Å²) in [5.74, 6) is 2.15. The Labute approximate surface area is 185 Å². The zero-order valence-corrected chi connectivity index (χ0v) is 22.8. The van der Waals surface area contributed by atoms with Crippen LogP contribution in [0.15, 0.2) is 48.5 Å². The molecule has 0 aromatic heterocycles. The van der Waals surface area contributed by atoms with Crippen LogP contribution in [0.2, 0.25) is 51.9 Å². The Bertz CT molecular complexity index is 797. The third-order valence-electron chi connectivity index (χ3n) is 4.36. The van der Waals surface area contributed by atoms with Crippen molar-refractivity contribution in [2.75, 3.05) is 0 Å². The molecule has 4 nitrogen and oxygen atoms in total. The fourth-order valence-electron chi connectivity index (χ4n) is 3.89. The molecule has 0 aliphatic heterocycles. The zero-order chi connectivity index (χ0) is 22.6. The summed E-state index contributed by atoms with van der Waals surface area (Å²) in [5, 5.41) is 10.4. The third kappa shape index (κ3) is 8.77. The molecule has 0 fully saturated rings. The molecule has 1 N–H and O–H groups in total. The van der Waals surface area contributed by atoms with E-state index in [4.69, 9.17) is 13.0 Å². The SMILES string of the molecule is CC(Cc1cc(Oc2ccccc2)ccc1O)C[Si](C)(O[Si](C)(C)C)O[Si](C)(C)C. The molecule has 0 saturated heterocycles. The standard InChI is InChI=1S/C23H38O4Si3/c1-19(18-30(8,26-28(2,3)4)27-29(5,6)7)16-20-17-22(14-15-23(20)24)25-21-12-10-9-11-13-21/h9-15,17,19,24H,16,18H2,1-8H3. The van der Waals surface area contributed by atoms with Gasteiger partial charge >= 0.3 is 8.56 Å². The van der Waals surface area contributed by atoms with Gasteiger partial charge in [-0.25, -0.2) is 0 Å². The first-order valence-electron chi connectivity index (χ1n) is 10.7. The van der Waals surface area contributed by atoms with E-state index in [1.165, 1.54) is 0 Å². The van der Waals surface area contributed by atoms with Gasteiger partial charge in [0.2, 0.25) is 0 Å². The normalized spacial score (nSPS) is 13.9. The molecular weight excluding hydrogens is 425 g/mol. The molecule has 2 aromatic carbocycles. The fraction of sp³-hybridized carbons (Fsp3) is 0.478. The van der Waals surface area contributed by atoms with Crippen LogP contribution in [0.3, 0.4) is 0 Å². The van der Waals surface area contributed by atoms with Crippen molar-refractivity contribution >= 4 is 25.2 Å². The smallest absolute Gasteiger partial charge is 0.314 e. The van der Waals surface area contributed by atoms with E-state index in [1.807, 2.05) is 36.4 Å². The van der Waals surface area contributed by atoms with Crippen molar-refractivity contribution in [3.8, 4) is 17.2 Å². The van der Waals surface area contributed by atoms with Crippen molar-refractivity contribution in [1.82, 2.24) is 0 Å². The molecule has 0 amide bonds. The van der Waals surface area contributed by atoms with Crippen LogP contribution in [0.4, 0.5) is 0 Å². The first-order chi connectivity index (χ1) is 13.7. The molecule has 0 aliphatic carbocycles. The summed E-state index contributed by atoms with van der Waals surface area (Å²) in [4.78, 5) is 0. The molecule has 166 valence electrons. The molecule has 0 bridgehead atoms. The maximum absolute atomic E-state index is 10.4. The van der Waals surface area contributed by atoms with Crippen LogP contribution >= 0.6 is 0 Å². The Morgan fingerprint density at radius 2 is 1.37 bits per heavy atom. The summed E-state index contributed by atoms with van der Waals surface area (Å²) in [7, 11) is -5.77. The van der Waals surface area contributed by atoms with Gasteiger partial charge in [0.05, 0.1) is 0 Å². The Balaban J connectivity index is 2.14. The lowest BCUT2D eigenvalue weighted by Crippen LogP contribution is -2.53. The van der Waals surface area contributed by atoms with Gasteiger partial charge in [0.1, 0.15) is 17.2 Å².